The molecule has 23 heavy (non-hydrogen) atoms. The van der Waals surface area contributed by atoms with Crippen LogP contribution in [0, 0.1) is 11.7 Å². The first-order valence-corrected chi connectivity index (χ1v) is 8.06. The highest BCUT2D eigenvalue weighted by Gasteiger charge is 2.16. The van der Waals surface area contributed by atoms with E-state index in [9.17, 15) is 14.0 Å². The molecule has 0 aromatic heterocycles. The summed E-state index contributed by atoms with van der Waals surface area (Å²) in [6, 6.07) is 4.39. The van der Waals surface area contributed by atoms with E-state index in [0.29, 0.717) is 19.0 Å². The van der Waals surface area contributed by atoms with Crippen LogP contribution in [-0.4, -0.2) is 30.9 Å². The van der Waals surface area contributed by atoms with Crippen molar-refractivity contribution < 1.29 is 14.0 Å². The van der Waals surface area contributed by atoms with Crippen molar-refractivity contribution in [2.75, 3.05) is 18.4 Å². The predicted molar refractivity (Wildman–Crippen MR) is 87.8 cm³/mol. The number of hydrogen-bond donors (Lipinski definition) is 3. The van der Waals surface area contributed by atoms with E-state index in [4.69, 9.17) is 0 Å². The van der Waals surface area contributed by atoms with Crippen LogP contribution in [0.3, 0.4) is 0 Å². The summed E-state index contributed by atoms with van der Waals surface area (Å²) in [5, 5.41) is 8.61. The molecular formula is C17H24FN3O2. The molecule has 0 bridgehead atoms. The lowest BCUT2D eigenvalue weighted by molar-refractivity contribution is -0.116. The molecule has 1 aliphatic heterocycles. The molecule has 1 fully saturated rings. The Morgan fingerprint density at radius 3 is 2.78 bits per heavy atom. The molecule has 0 aliphatic carbocycles. The van der Waals surface area contributed by atoms with Gasteiger partial charge in [0.1, 0.15) is 5.82 Å². The van der Waals surface area contributed by atoms with E-state index in [-0.39, 0.29) is 29.0 Å². The average Bonchev–Trinajstić information content (AvgIpc) is 2.99. The van der Waals surface area contributed by atoms with Crippen LogP contribution in [-0.2, 0) is 4.79 Å². The summed E-state index contributed by atoms with van der Waals surface area (Å²) >= 11 is 0. The van der Waals surface area contributed by atoms with Gasteiger partial charge < -0.3 is 16.0 Å². The third-order valence-electron chi connectivity index (χ3n) is 3.77. The van der Waals surface area contributed by atoms with E-state index >= 15 is 0 Å². The zero-order chi connectivity index (χ0) is 16.8. The van der Waals surface area contributed by atoms with Crippen molar-refractivity contribution in [2.24, 2.45) is 5.92 Å². The minimum atomic E-state index is -0.603. The van der Waals surface area contributed by atoms with Gasteiger partial charge in [0.15, 0.2) is 0 Å². The Bertz CT molecular complexity index is 569. The van der Waals surface area contributed by atoms with Crippen LogP contribution in [0.2, 0.25) is 0 Å². The second kappa shape index (κ2) is 8.06. The summed E-state index contributed by atoms with van der Waals surface area (Å²) < 4.78 is 14.0. The Morgan fingerprint density at radius 2 is 2.17 bits per heavy atom. The Kier molecular flexibility index (Phi) is 6.10. The molecule has 1 aromatic carbocycles. The Morgan fingerprint density at radius 1 is 1.39 bits per heavy atom. The number of carbonyl (C=O) groups excluding carboxylic acids is 2. The van der Waals surface area contributed by atoms with Gasteiger partial charge in [-0.3, -0.25) is 9.59 Å². The van der Waals surface area contributed by atoms with Crippen LogP contribution < -0.4 is 16.0 Å². The third kappa shape index (κ3) is 5.32. The molecule has 6 heteroatoms. The van der Waals surface area contributed by atoms with Crippen LogP contribution in [0.1, 0.15) is 43.5 Å². The quantitative estimate of drug-likeness (QED) is 0.753. The summed E-state index contributed by atoms with van der Waals surface area (Å²) in [6.07, 6.45) is 2.48. The van der Waals surface area contributed by atoms with Crippen molar-refractivity contribution >= 4 is 17.5 Å². The molecule has 1 heterocycles. The molecule has 1 aliphatic rings. The van der Waals surface area contributed by atoms with Crippen molar-refractivity contribution in [2.45, 2.75) is 39.2 Å². The molecule has 3 N–H and O–H groups in total. The number of benzene rings is 1. The molecule has 2 rings (SSSR count). The smallest absolute Gasteiger partial charge is 0.251 e. The number of hydrogen-bond acceptors (Lipinski definition) is 3. The fourth-order valence-corrected chi connectivity index (χ4v) is 2.58. The van der Waals surface area contributed by atoms with Crippen molar-refractivity contribution in [1.82, 2.24) is 10.6 Å². The number of anilines is 1. The summed E-state index contributed by atoms with van der Waals surface area (Å²) in [7, 11) is 0. The highest BCUT2D eigenvalue weighted by Crippen LogP contribution is 2.17. The molecule has 1 aromatic rings. The van der Waals surface area contributed by atoms with E-state index in [0.717, 1.165) is 25.5 Å². The van der Waals surface area contributed by atoms with E-state index in [2.05, 4.69) is 16.0 Å². The predicted octanol–water partition coefficient (Wildman–Crippen LogP) is 2.29. The number of nitrogens with one attached hydrogen (secondary N) is 3. The van der Waals surface area contributed by atoms with Gasteiger partial charge in [-0.15, -0.1) is 0 Å². The first-order valence-electron chi connectivity index (χ1n) is 8.06. The fourth-order valence-electron chi connectivity index (χ4n) is 2.58. The lowest BCUT2D eigenvalue weighted by Crippen LogP contribution is -2.37. The van der Waals surface area contributed by atoms with Crippen LogP contribution in [0.15, 0.2) is 18.2 Å². The summed E-state index contributed by atoms with van der Waals surface area (Å²) in [6.45, 7) is 5.35. The SMILES string of the molecule is CC(C)CC(=O)Nc1ccc(C(=O)NCC2CCCN2)cc1F. The normalized spacial score (nSPS) is 17.3. The third-order valence-corrected chi connectivity index (χ3v) is 3.77. The van der Waals surface area contributed by atoms with Crippen LogP contribution in [0.25, 0.3) is 0 Å². The van der Waals surface area contributed by atoms with Crippen molar-refractivity contribution in [3.8, 4) is 0 Å². The Balaban J connectivity index is 1.92. The Labute approximate surface area is 136 Å². The van der Waals surface area contributed by atoms with Crippen LogP contribution >= 0.6 is 0 Å². The maximum Gasteiger partial charge on any atom is 0.251 e. The van der Waals surface area contributed by atoms with E-state index in [1.54, 1.807) is 0 Å². The number of carbonyl (C=O) groups is 2. The van der Waals surface area contributed by atoms with Gasteiger partial charge >= 0.3 is 0 Å². The monoisotopic (exact) mass is 321 g/mol. The molecule has 0 radical (unpaired) electrons. The van der Waals surface area contributed by atoms with Crippen LogP contribution in [0.4, 0.5) is 10.1 Å². The van der Waals surface area contributed by atoms with Gasteiger partial charge in [0.05, 0.1) is 5.69 Å². The summed E-state index contributed by atoms with van der Waals surface area (Å²) in [5.41, 5.74) is 0.354. The minimum absolute atomic E-state index is 0.102. The zero-order valence-corrected chi connectivity index (χ0v) is 13.6. The van der Waals surface area contributed by atoms with Gasteiger partial charge in [-0.2, -0.15) is 0 Å². The molecule has 126 valence electrons. The van der Waals surface area contributed by atoms with Gasteiger partial charge in [-0.25, -0.2) is 4.39 Å². The van der Waals surface area contributed by atoms with Crippen molar-refractivity contribution in [3.63, 3.8) is 0 Å². The largest absolute Gasteiger partial charge is 0.350 e. The van der Waals surface area contributed by atoms with Gasteiger partial charge in [-0.1, -0.05) is 13.8 Å². The van der Waals surface area contributed by atoms with E-state index in [1.807, 2.05) is 13.8 Å². The summed E-state index contributed by atoms with van der Waals surface area (Å²) in [4.78, 5) is 23.7. The molecule has 0 spiro atoms. The molecule has 5 nitrogen and oxygen atoms in total. The highest BCUT2D eigenvalue weighted by atomic mass is 19.1. The van der Waals surface area contributed by atoms with Crippen LogP contribution in [0.5, 0.6) is 0 Å². The topological polar surface area (TPSA) is 70.2 Å². The van der Waals surface area contributed by atoms with E-state index in [1.165, 1.54) is 12.1 Å². The first-order chi connectivity index (χ1) is 11.0. The number of amides is 2. The van der Waals surface area contributed by atoms with Crippen molar-refractivity contribution in [1.29, 1.82) is 0 Å². The minimum Gasteiger partial charge on any atom is -0.350 e. The van der Waals surface area contributed by atoms with Crippen molar-refractivity contribution in [3.05, 3.63) is 29.6 Å². The van der Waals surface area contributed by atoms with Gasteiger partial charge in [-0.05, 0) is 43.5 Å². The Hall–Kier alpha value is -1.95. The molecule has 1 unspecified atom stereocenters. The molecule has 1 saturated heterocycles. The van der Waals surface area contributed by atoms with Gasteiger partial charge in [0, 0.05) is 24.6 Å². The second-order valence-electron chi connectivity index (χ2n) is 6.34. The van der Waals surface area contributed by atoms with Gasteiger partial charge in [0.2, 0.25) is 5.91 Å². The first kappa shape index (κ1) is 17.4. The summed E-state index contributed by atoms with van der Waals surface area (Å²) in [5.74, 6) is -0.942. The van der Waals surface area contributed by atoms with E-state index < -0.39 is 5.82 Å². The zero-order valence-electron chi connectivity index (χ0n) is 13.6. The molecule has 2 amide bonds. The highest BCUT2D eigenvalue weighted by molar-refractivity contribution is 5.96. The molecule has 1 atom stereocenters. The second-order valence-corrected chi connectivity index (χ2v) is 6.34. The lowest BCUT2D eigenvalue weighted by Gasteiger charge is -2.12. The average molecular weight is 321 g/mol. The number of halogens is 1. The number of rotatable bonds is 6. The maximum absolute atomic E-state index is 14.0. The lowest BCUT2D eigenvalue weighted by atomic mass is 10.1. The fraction of sp³-hybridized carbons (Fsp3) is 0.529. The standard InChI is InChI=1S/C17H24FN3O2/c1-11(2)8-16(22)21-15-6-5-12(9-14(15)18)17(23)20-10-13-4-3-7-19-13/h5-6,9,11,13,19H,3-4,7-8,10H2,1-2H3,(H,20,23)(H,21,22). The molecular weight excluding hydrogens is 297 g/mol. The van der Waals surface area contributed by atoms with Gasteiger partial charge in [0.25, 0.3) is 5.91 Å². The maximum atomic E-state index is 14.0. The molecule has 0 saturated carbocycles.